The SMILES string of the molecule is CCCCSc1nnc(CNS(=O)(=O)c2ccc(Cl)cc2)n1CC. The number of thioether (sulfide) groups is 1. The molecule has 1 aromatic heterocycles. The summed E-state index contributed by atoms with van der Waals surface area (Å²) in [5.41, 5.74) is 0. The number of unbranched alkanes of at least 4 members (excludes halogenated alkanes) is 1. The van der Waals surface area contributed by atoms with E-state index in [1.54, 1.807) is 23.9 Å². The van der Waals surface area contributed by atoms with Gasteiger partial charge < -0.3 is 4.57 Å². The Labute approximate surface area is 152 Å². The predicted molar refractivity (Wildman–Crippen MR) is 96.8 cm³/mol. The lowest BCUT2D eigenvalue weighted by molar-refractivity contribution is 0.572. The number of aromatic nitrogens is 3. The van der Waals surface area contributed by atoms with Gasteiger partial charge in [-0.15, -0.1) is 10.2 Å². The van der Waals surface area contributed by atoms with Gasteiger partial charge in [0.25, 0.3) is 0 Å². The van der Waals surface area contributed by atoms with E-state index in [4.69, 9.17) is 11.6 Å². The van der Waals surface area contributed by atoms with Gasteiger partial charge in [-0.25, -0.2) is 13.1 Å². The molecule has 9 heteroatoms. The van der Waals surface area contributed by atoms with Crippen LogP contribution in [-0.2, 0) is 23.1 Å². The number of hydrogen-bond acceptors (Lipinski definition) is 5. The monoisotopic (exact) mass is 388 g/mol. The van der Waals surface area contributed by atoms with Gasteiger partial charge in [-0.1, -0.05) is 36.7 Å². The van der Waals surface area contributed by atoms with E-state index in [1.807, 2.05) is 11.5 Å². The molecule has 1 N–H and O–H groups in total. The fourth-order valence-corrected chi connectivity index (χ4v) is 4.25. The van der Waals surface area contributed by atoms with E-state index in [0.29, 0.717) is 17.4 Å². The Morgan fingerprint density at radius 2 is 1.92 bits per heavy atom. The zero-order valence-electron chi connectivity index (χ0n) is 13.7. The minimum atomic E-state index is -3.61. The number of hydrogen-bond donors (Lipinski definition) is 1. The van der Waals surface area contributed by atoms with E-state index >= 15 is 0 Å². The molecule has 2 rings (SSSR count). The van der Waals surface area contributed by atoms with Gasteiger partial charge in [0.05, 0.1) is 11.4 Å². The van der Waals surface area contributed by atoms with Gasteiger partial charge in [-0.05, 0) is 37.6 Å². The Morgan fingerprint density at radius 3 is 2.54 bits per heavy atom. The number of halogens is 1. The molecular weight excluding hydrogens is 368 g/mol. The summed E-state index contributed by atoms with van der Waals surface area (Å²) in [5.74, 6) is 1.58. The molecule has 2 aromatic rings. The first kappa shape index (κ1) is 19.2. The van der Waals surface area contributed by atoms with Crippen molar-refractivity contribution in [1.82, 2.24) is 19.5 Å². The predicted octanol–water partition coefficient (Wildman–Crippen LogP) is 3.32. The molecule has 0 aliphatic carbocycles. The highest BCUT2D eigenvalue weighted by Gasteiger charge is 2.17. The second kappa shape index (κ2) is 8.84. The molecule has 0 spiro atoms. The molecule has 0 saturated heterocycles. The van der Waals surface area contributed by atoms with E-state index in [-0.39, 0.29) is 11.4 Å². The lowest BCUT2D eigenvalue weighted by Gasteiger charge is -2.09. The van der Waals surface area contributed by atoms with Crippen molar-refractivity contribution in [1.29, 1.82) is 0 Å². The maximum absolute atomic E-state index is 12.3. The molecule has 0 radical (unpaired) electrons. The third kappa shape index (κ3) is 4.95. The van der Waals surface area contributed by atoms with Gasteiger partial charge in [0, 0.05) is 17.3 Å². The van der Waals surface area contributed by atoms with Crippen LogP contribution in [0.15, 0.2) is 34.3 Å². The molecule has 0 bridgehead atoms. The third-order valence-electron chi connectivity index (χ3n) is 3.38. The van der Waals surface area contributed by atoms with Gasteiger partial charge in [0.1, 0.15) is 5.82 Å². The molecule has 0 saturated carbocycles. The summed E-state index contributed by atoms with van der Waals surface area (Å²) in [5, 5.41) is 9.61. The minimum Gasteiger partial charge on any atom is -0.305 e. The van der Waals surface area contributed by atoms with Gasteiger partial charge in [-0.3, -0.25) is 0 Å². The Bertz CT molecular complexity index is 760. The maximum atomic E-state index is 12.3. The average Bonchev–Trinajstić information content (AvgIpc) is 2.96. The van der Waals surface area contributed by atoms with Crippen LogP contribution in [0, 0.1) is 0 Å². The molecule has 0 fully saturated rings. The van der Waals surface area contributed by atoms with E-state index in [0.717, 1.165) is 23.8 Å². The van der Waals surface area contributed by atoms with Crippen LogP contribution in [0.2, 0.25) is 5.02 Å². The highest BCUT2D eigenvalue weighted by Crippen LogP contribution is 2.19. The largest absolute Gasteiger partial charge is 0.305 e. The molecule has 0 unspecified atom stereocenters. The number of nitrogens with zero attached hydrogens (tertiary/aromatic N) is 3. The highest BCUT2D eigenvalue weighted by atomic mass is 35.5. The fraction of sp³-hybridized carbons (Fsp3) is 0.467. The van der Waals surface area contributed by atoms with E-state index in [2.05, 4.69) is 21.8 Å². The summed E-state index contributed by atoms with van der Waals surface area (Å²) in [6, 6.07) is 6.04. The number of sulfonamides is 1. The molecule has 6 nitrogen and oxygen atoms in total. The van der Waals surface area contributed by atoms with Crippen molar-refractivity contribution in [3.05, 3.63) is 35.1 Å². The Hall–Kier alpha value is -1.09. The molecule has 0 amide bonds. The van der Waals surface area contributed by atoms with Crippen LogP contribution >= 0.6 is 23.4 Å². The Balaban J connectivity index is 2.07. The van der Waals surface area contributed by atoms with Gasteiger partial charge in [-0.2, -0.15) is 0 Å². The number of rotatable bonds is 9. The van der Waals surface area contributed by atoms with Crippen LogP contribution in [0.5, 0.6) is 0 Å². The lowest BCUT2D eigenvalue weighted by Crippen LogP contribution is -2.25. The number of benzene rings is 1. The quantitative estimate of drug-likeness (QED) is 0.526. The van der Waals surface area contributed by atoms with Crippen molar-refractivity contribution >= 4 is 33.4 Å². The second-order valence-electron chi connectivity index (χ2n) is 5.12. The van der Waals surface area contributed by atoms with Crippen LogP contribution in [0.1, 0.15) is 32.5 Å². The minimum absolute atomic E-state index is 0.0974. The highest BCUT2D eigenvalue weighted by molar-refractivity contribution is 7.99. The van der Waals surface area contributed by atoms with Crippen LogP contribution in [0.3, 0.4) is 0 Å². The van der Waals surface area contributed by atoms with Crippen LogP contribution < -0.4 is 4.72 Å². The van der Waals surface area contributed by atoms with Crippen molar-refractivity contribution < 1.29 is 8.42 Å². The first-order valence-corrected chi connectivity index (χ1v) is 10.6. The fourth-order valence-electron chi connectivity index (χ4n) is 2.04. The molecule has 0 aliphatic rings. The first-order chi connectivity index (χ1) is 11.5. The zero-order chi connectivity index (χ0) is 17.6. The molecular formula is C15H21ClN4O2S2. The van der Waals surface area contributed by atoms with E-state index in [9.17, 15) is 8.42 Å². The van der Waals surface area contributed by atoms with Gasteiger partial charge >= 0.3 is 0 Å². The third-order valence-corrected chi connectivity index (χ3v) is 6.11. The van der Waals surface area contributed by atoms with Crippen LogP contribution in [0.25, 0.3) is 0 Å². The smallest absolute Gasteiger partial charge is 0.240 e. The summed E-state index contributed by atoms with van der Waals surface area (Å²) in [4.78, 5) is 0.173. The molecule has 132 valence electrons. The maximum Gasteiger partial charge on any atom is 0.240 e. The molecule has 0 atom stereocenters. The van der Waals surface area contributed by atoms with Gasteiger partial charge in [0.15, 0.2) is 5.16 Å². The summed E-state index contributed by atoms with van der Waals surface area (Å²) >= 11 is 7.44. The summed E-state index contributed by atoms with van der Waals surface area (Å²) in [7, 11) is -3.61. The Morgan fingerprint density at radius 1 is 1.21 bits per heavy atom. The van der Waals surface area contributed by atoms with Crippen molar-refractivity contribution in [3.8, 4) is 0 Å². The van der Waals surface area contributed by atoms with Gasteiger partial charge in [0.2, 0.25) is 10.0 Å². The molecule has 1 heterocycles. The van der Waals surface area contributed by atoms with E-state index < -0.39 is 10.0 Å². The Kier molecular flexibility index (Phi) is 7.09. The zero-order valence-corrected chi connectivity index (χ0v) is 16.1. The summed E-state index contributed by atoms with van der Waals surface area (Å²) in [6.45, 7) is 4.92. The van der Waals surface area contributed by atoms with Crippen LogP contribution in [-0.4, -0.2) is 28.9 Å². The summed E-state index contributed by atoms with van der Waals surface area (Å²) in [6.07, 6.45) is 2.24. The summed E-state index contributed by atoms with van der Waals surface area (Å²) < 4.78 is 29.1. The van der Waals surface area contributed by atoms with Crippen molar-refractivity contribution in [2.45, 2.75) is 49.8 Å². The number of nitrogens with one attached hydrogen (secondary N) is 1. The van der Waals surface area contributed by atoms with Crippen LogP contribution in [0.4, 0.5) is 0 Å². The van der Waals surface area contributed by atoms with E-state index in [1.165, 1.54) is 12.1 Å². The lowest BCUT2D eigenvalue weighted by atomic mass is 10.4. The van der Waals surface area contributed by atoms with Crippen molar-refractivity contribution in [2.75, 3.05) is 5.75 Å². The first-order valence-electron chi connectivity index (χ1n) is 7.78. The average molecular weight is 389 g/mol. The topological polar surface area (TPSA) is 76.9 Å². The second-order valence-corrected chi connectivity index (χ2v) is 8.39. The van der Waals surface area contributed by atoms with Crippen molar-refractivity contribution in [2.24, 2.45) is 0 Å². The molecule has 0 aliphatic heterocycles. The normalized spacial score (nSPS) is 11.8. The molecule has 1 aromatic carbocycles. The standard InChI is InChI=1S/C15H21ClN4O2S2/c1-3-5-10-23-15-19-18-14(20(15)4-2)11-17-24(21,22)13-8-6-12(16)7-9-13/h6-9,17H,3-5,10-11H2,1-2H3. The molecule has 24 heavy (non-hydrogen) atoms. The van der Waals surface area contributed by atoms with Crippen molar-refractivity contribution in [3.63, 3.8) is 0 Å².